The van der Waals surface area contributed by atoms with Crippen LogP contribution >= 0.6 is 0 Å². The molecule has 0 saturated carbocycles. The van der Waals surface area contributed by atoms with Gasteiger partial charge in [-0.05, 0) is 27.2 Å². The van der Waals surface area contributed by atoms with Crippen molar-refractivity contribution in [2.45, 2.75) is 38.8 Å². The fourth-order valence-electron chi connectivity index (χ4n) is 1.81. The van der Waals surface area contributed by atoms with Crippen LogP contribution in [-0.4, -0.2) is 53.3 Å². The van der Waals surface area contributed by atoms with E-state index in [2.05, 4.69) is 5.32 Å². The van der Waals surface area contributed by atoms with Gasteiger partial charge in [-0.2, -0.15) is 0 Å². The molecular formula is C11H20N2O4. The molecular weight excluding hydrogens is 224 g/mol. The van der Waals surface area contributed by atoms with Gasteiger partial charge in [-0.25, -0.2) is 4.79 Å². The highest BCUT2D eigenvalue weighted by Crippen LogP contribution is 2.25. The predicted molar refractivity (Wildman–Crippen MR) is 61.9 cm³/mol. The molecule has 1 heterocycles. The first-order valence-electron chi connectivity index (χ1n) is 5.79. The number of aliphatic carboxylic acids is 1. The fourth-order valence-corrected chi connectivity index (χ4v) is 1.81. The van der Waals surface area contributed by atoms with Crippen molar-refractivity contribution in [1.82, 2.24) is 10.2 Å². The van der Waals surface area contributed by atoms with Crippen molar-refractivity contribution >= 4 is 12.0 Å². The SMILES string of the molecule is CCN(CC(=O)O)C(=O)NC1(C)CCOC1C. The Bertz CT molecular complexity index is 308. The predicted octanol–water partition coefficient (Wildman–Crippen LogP) is 0.670. The van der Waals surface area contributed by atoms with Crippen LogP contribution in [0.4, 0.5) is 4.79 Å². The van der Waals surface area contributed by atoms with E-state index in [0.29, 0.717) is 13.2 Å². The Morgan fingerprint density at radius 3 is 2.65 bits per heavy atom. The number of carbonyl (C=O) groups excluding carboxylic acids is 1. The van der Waals surface area contributed by atoms with E-state index in [1.54, 1.807) is 6.92 Å². The van der Waals surface area contributed by atoms with Crippen LogP contribution in [0.25, 0.3) is 0 Å². The third-order valence-corrected chi connectivity index (χ3v) is 3.27. The number of ether oxygens (including phenoxy) is 1. The number of nitrogens with one attached hydrogen (secondary N) is 1. The van der Waals surface area contributed by atoms with E-state index in [9.17, 15) is 9.59 Å². The highest BCUT2D eigenvalue weighted by atomic mass is 16.5. The van der Waals surface area contributed by atoms with Crippen molar-refractivity contribution < 1.29 is 19.4 Å². The summed E-state index contributed by atoms with van der Waals surface area (Å²) in [4.78, 5) is 23.8. The molecule has 17 heavy (non-hydrogen) atoms. The summed E-state index contributed by atoms with van der Waals surface area (Å²) in [7, 11) is 0. The standard InChI is InChI=1S/C11H20N2O4/c1-4-13(7-9(14)15)10(16)12-11(3)5-6-17-8(11)2/h8H,4-7H2,1-3H3,(H,12,16)(H,14,15). The van der Waals surface area contributed by atoms with Gasteiger partial charge < -0.3 is 20.1 Å². The van der Waals surface area contributed by atoms with E-state index < -0.39 is 11.5 Å². The lowest BCUT2D eigenvalue weighted by Crippen LogP contribution is -2.55. The van der Waals surface area contributed by atoms with E-state index >= 15 is 0 Å². The molecule has 98 valence electrons. The van der Waals surface area contributed by atoms with Gasteiger partial charge in [0.25, 0.3) is 0 Å². The maximum atomic E-state index is 11.9. The molecule has 0 aromatic rings. The smallest absolute Gasteiger partial charge is 0.323 e. The first-order chi connectivity index (χ1) is 7.89. The van der Waals surface area contributed by atoms with Crippen molar-refractivity contribution in [2.24, 2.45) is 0 Å². The minimum absolute atomic E-state index is 0.0602. The van der Waals surface area contributed by atoms with Gasteiger partial charge in [0.1, 0.15) is 6.54 Å². The molecule has 2 amide bonds. The third kappa shape index (κ3) is 3.33. The Morgan fingerprint density at radius 2 is 2.24 bits per heavy atom. The number of hydrogen-bond acceptors (Lipinski definition) is 3. The van der Waals surface area contributed by atoms with Crippen molar-refractivity contribution in [1.29, 1.82) is 0 Å². The number of likely N-dealkylation sites (N-methyl/N-ethyl adjacent to an activating group) is 1. The van der Waals surface area contributed by atoms with Crippen LogP contribution in [0.1, 0.15) is 27.2 Å². The second kappa shape index (κ2) is 5.35. The zero-order valence-corrected chi connectivity index (χ0v) is 10.5. The largest absolute Gasteiger partial charge is 0.480 e. The Labute approximate surface area is 101 Å². The highest BCUT2D eigenvalue weighted by Gasteiger charge is 2.39. The Hall–Kier alpha value is -1.30. The number of urea groups is 1. The van der Waals surface area contributed by atoms with Crippen LogP contribution in [0.15, 0.2) is 0 Å². The summed E-state index contributed by atoms with van der Waals surface area (Å²) in [6.45, 7) is 6.26. The second-order valence-corrected chi connectivity index (χ2v) is 4.52. The number of nitrogens with zero attached hydrogens (tertiary/aromatic N) is 1. The van der Waals surface area contributed by atoms with Crippen LogP contribution in [0.2, 0.25) is 0 Å². The highest BCUT2D eigenvalue weighted by molar-refractivity contribution is 5.80. The average molecular weight is 244 g/mol. The molecule has 2 N–H and O–H groups in total. The van der Waals surface area contributed by atoms with Crippen LogP contribution in [-0.2, 0) is 9.53 Å². The van der Waals surface area contributed by atoms with Gasteiger partial charge in [-0.1, -0.05) is 0 Å². The van der Waals surface area contributed by atoms with Gasteiger partial charge in [0.05, 0.1) is 11.6 Å². The first-order valence-corrected chi connectivity index (χ1v) is 5.79. The van der Waals surface area contributed by atoms with E-state index in [4.69, 9.17) is 9.84 Å². The quantitative estimate of drug-likeness (QED) is 0.762. The normalized spacial score (nSPS) is 27.8. The maximum absolute atomic E-state index is 11.9. The topological polar surface area (TPSA) is 78.9 Å². The van der Waals surface area contributed by atoms with Gasteiger partial charge in [0, 0.05) is 13.2 Å². The summed E-state index contributed by atoms with van der Waals surface area (Å²) >= 11 is 0. The lowest BCUT2D eigenvalue weighted by molar-refractivity contribution is -0.137. The lowest BCUT2D eigenvalue weighted by Gasteiger charge is -2.31. The summed E-state index contributed by atoms with van der Waals surface area (Å²) in [5.74, 6) is -1.01. The Kier molecular flexibility index (Phi) is 4.34. The van der Waals surface area contributed by atoms with E-state index in [1.165, 1.54) is 4.90 Å². The molecule has 2 atom stereocenters. The summed E-state index contributed by atoms with van der Waals surface area (Å²) in [5.41, 5.74) is -0.414. The summed E-state index contributed by atoms with van der Waals surface area (Å²) < 4.78 is 5.41. The molecule has 1 saturated heterocycles. The van der Waals surface area contributed by atoms with Gasteiger partial charge in [0.2, 0.25) is 0 Å². The number of carboxylic acids is 1. The Balaban J connectivity index is 2.60. The second-order valence-electron chi connectivity index (χ2n) is 4.52. The minimum atomic E-state index is -1.01. The monoisotopic (exact) mass is 244 g/mol. The molecule has 1 aliphatic heterocycles. The summed E-state index contributed by atoms with van der Waals surface area (Å²) in [6.07, 6.45) is 0.680. The van der Waals surface area contributed by atoms with E-state index in [1.807, 2.05) is 13.8 Å². The number of carboxylic acid groups (broad SMARTS) is 1. The van der Waals surface area contributed by atoms with Crippen LogP contribution in [0.3, 0.4) is 0 Å². The number of carbonyl (C=O) groups is 2. The number of hydrogen-bond donors (Lipinski definition) is 2. The minimum Gasteiger partial charge on any atom is -0.480 e. The summed E-state index contributed by atoms with van der Waals surface area (Å²) in [6, 6.07) is -0.352. The van der Waals surface area contributed by atoms with Crippen LogP contribution < -0.4 is 5.32 Å². The van der Waals surface area contributed by atoms with Crippen molar-refractivity contribution in [3.63, 3.8) is 0 Å². The van der Waals surface area contributed by atoms with Gasteiger partial charge in [-0.15, -0.1) is 0 Å². The molecule has 1 rings (SSSR count). The van der Waals surface area contributed by atoms with Crippen molar-refractivity contribution in [3.05, 3.63) is 0 Å². The Morgan fingerprint density at radius 1 is 1.59 bits per heavy atom. The zero-order valence-electron chi connectivity index (χ0n) is 10.5. The molecule has 0 aliphatic carbocycles. The van der Waals surface area contributed by atoms with E-state index in [-0.39, 0.29) is 18.7 Å². The number of amides is 2. The average Bonchev–Trinajstić information content (AvgIpc) is 2.55. The van der Waals surface area contributed by atoms with Crippen LogP contribution in [0.5, 0.6) is 0 Å². The van der Waals surface area contributed by atoms with Crippen molar-refractivity contribution in [3.8, 4) is 0 Å². The molecule has 1 fully saturated rings. The zero-order chi connectivity index (χ0) is 13.1. The fraction of sp³-hybridized carbons (Fsp3) is 0.818. The molecule has 0 aromatic heterocycles. The molecule has 6 heteroatoms. The molecule has 0 aromatic carbocycles. The lowest BCUT2D eigenvalue weighted by atomic mass is 9.95. The van der Waals surface area contributed by atoms with E-state index in [0.717, 1.165) is 6.42 Å². The van der Waals surface area contributed by atoms with Gasteiger partial charge in [-0.3, -0.25) is 4.79 Å². The molecule has 0 spiro atoms. The van der Waals surface area contributed by atoms with Gasteiger partial charge >= 0.3 is 12.0 Å². The molecule has 2 unspecified atom stereocenters. The molecule has 1 aliphatic rings. The molecule has 6 nitrogen and oxygen atoms in total. The molecule has 0 radical (unpaired) electrons. The van der Waals surface area contributed by atoms with Crippen LogP contribution in [0, 0.1) is 0 Å². The number of rotatable bonds is 4. The summed E-state index contributed by atoms with van der Waals surface area (Å²) in [5, 5.41) is 11.6. The maximum Gasteiger partial charge on any atom is 0.323 e. The van der Waals surface area contributed by atoms with Crippen molar-refractivity contribution in [2.75, 3.05) is 19.7 Å². The third-order valence-electron chi connectivity index (χ3n) is 3.27. The first kappa shape index (κ1) is 13.8. The molecule has 0 bridgehead atoms. The van der Waals surface area contributed by atoms with Gasteiger partial charge in [0.15, 0.2) is 0 Å².